The molecule has 154 valence electrons. The van der Waals surface area contributed by atoms with Crippen molar-refractivity contribution in [3.05, 3.63) is 0 Å². The van der Waals surface area contributed by atoms with Gasteiger partial charge in [0.2, 0.25) is 0 Å². The molecule has 0 saturated carbocycles. The Bertz CT molecular complexity index is 377. The molecule has 0 aromatic heterocycles. The van der Waals surface area contributed by atoms with Crippen LogP contribution in [0, 0.1) is 0 Å². The molecule has 1 amide bonds. The number of carboxylic acid groups (broad SMARTS) is 1. The molecular weight excluding hydrogens is 330 g/mol. The van der Waals surface area contributed by atoms with Crippen molar-refractivity contribution in [2.45, 2.75) is 123 Å². The first-order valence-electron chi connectivity index (χ1n) is 10.5. The Labute approximate surface area is 160 Å². The molecule has 0 aliphatic rings. The van der Waals surface area contributed by atoms with E-state index < -0.39 is 23.7 Å². The second-order valence-corrected chi connectivity index (χ2v) is 8.21. The molecule has 0 aliphatic heterocycles. The van der Waals surface area contributed by atoms with Crippen LogP contribution in [-0.4, -0.2) is 28.8 Å². The maximum absolute atomic E-state index is 11.7. The molecule has 26 heavy (non-hydrogen) atoms. The Morgan fingerprint density at radius 3 is 1.65 bits per heavy atom. The Kier molecular flexibility index (Phi) is 14.1. The lowest BCUT2D eigenvalue weighted by atomic mass is 10.0. The van der Waals surface area contributed by atoms with Gasteiger partial charge in [-0.1, -0.05) is 84.0 Å². The smallest absolute Gasteiger partial charge is 0.408 e. The monoisotopic (exact) mass is 371 g/mol. The van der Waals surface area contributed by atoms with E-state index in [0.717, 1.165) is 19.3 Å². The van der Waals surface area contributed by atoms with Gasteiger partial charge in [-0.3, -0.25) is 0 Å². The van der Waals surface area contributed by atoms with E-state index in [4.69, 9.17) is 4.74 Å². The third-order valence-electron chi connectivity index (χ3n) is 4.34. The number of carbonyl (C=O) groups excluding carboxylic acids is 1. The van der Waals surface area contributed by atoms with E-state index in [1.54, 1.807) is 20.8 Å². The minimum absolute atomic E-state index is 0.450. The number of alkyl carbamates (subject to hydrolysis) is 1. The summed E-state index contributed by atoms with van der Waals surface area (Å²) in [6, 6.07) is -0.868. The van der Waals surface area contributed by atoms with E-state index in [2.05, 4.69) is 12.2 Å². The van der Waals surface area contributed by atoms with Gasteiger partial charge in [-0.15, -0.1) is 0 Å². The van der Waals surface area contributed by atoms with Crippen molar-refractivity contribution >= 4 is 12.1 Å². The number of ether oxygens (including phenoxy) is 1. The van der Waals surface area contributed by atoms with Gasteiger partial charge in [0.1, 0.15) is 11.6 Å². The summed E-state index contributed by atoms with van der Waals surface area (Å²) in [7, 11) is 0. The number of carboxylic acids is 1. The highest BCUT2D eigenvalue weighted by Gasteiger charge is 2.23. The Balaban J connectivity index is 3.66. The van der Waals surface area contributed by atoms with E-state index in [1.807, 2.05) is 0 Å². The van der Waals surface area contributed by atoms with Gasteiger partial charge in [0.25, 0.3) is 0 Å². The van der Waals surface area contributed by atoms with Crippen molar-refractivity contribution in [3.8, 4) is 0 Å². The molecule has 2 N–H and O–H groups in total. The molecule has 0 bridgehead atoms. The van der Waals surface area contributed by atoms with Gasteiger partial charge in [-0.25, -0.2) is 9.59 Å². The van der Waals surface area contributed by atoms with E-state index >= 15 is 0 Å². The maximum atomic E-state index is 11.7. The van der Waals surface area contributed by atoms with Gasteiger partial charge in [-0.2, -0.15) is 0 Å². The number of rotatable bonds is 15. The number of hydrogen-bond acceptors (Lipinski definition) is 3. The topological polar surface area (TPSA) is 75.6 Å². The summed E-state index contributed by atoms with van der Waals surface area (Å²) >= 11 is 0. The molecule has 0 saturated heterocycles. The first kappa shape index (κ1) is 24.7. The van der Waals surface area contributed by atoms with Gasteiger partial charge in [0.15, 0.2) is 0 Å². The highest BCUT2D eigenvalue weighted by molar-refractivity contribution is 5.79. The minimum Gasteiger partial charge on any atom is -0.480 e. The molecule has 5 heteroatoms. The number of unbranched alkanes of at least 4 members (excludes halogenated alkanes) is 11. The highest BCUT2D eigenvalue weighted by Crippen LogP contribution is 2.13. The van der Waals surface area contributed by atoms with Crippen LogP contribution < -0.4 is 5.32 Å². The molecular formula is C21H41NO4. The van der Waals surface area contributed by atoms with Crippen LogP contribution in [0.4, 0.5) is 4.79 Å². The quantitative estimate of drug-likeness (QED) is 0.343. The van der Waals surface area contributed by atoms with Crippen LogP contribution in [0.15, 0.2) is 0 Å². The van der Waals surface area contributed by atoms with Crippen molar-refractivity contribution in [1.82, 2.24) is 5.32 Å². The summed E-state index contributed by atoms with van der Waals surface area (Å²) in [6.45, 7) is 7.51. The van der Waals surface area contributed by atoms with Crippen molar-refractivity contribution in [2.24, 2.45) is 0 Å². The minimum atomic E-state index is -1.00. The second-order valence-electron chi connectivity index (χ2n) is 8.21. The van der Waals surface area contributed by atoms with E-state index in [9.17, 15) is 14.7 Å². The number of carbonyl (C=O) groups is 2. The summed E-state index contributed by atoms with van der Waals surface area (Å²) in [5.41, 5.74) is -0.622. The van der Waals surface area contributed by atoms with Crippen LogP contribution in [0.5, 0.6) is 0 Å². The lowest BCUT2D eigenvalue weighted by molar-refractivity contribution is -0.139. The average molecular weight is 372 g/mol. The van der Waals surface area contributed by atoms with Crippen molar-refractivity contribution < 1.29 is 19.4 Å². The Morgan fingerprint density at radius 2 is 1.27 bits per heavy atom. The number of hydrogen-bond donors (Lipinski definition) is 2. The summed E-state index contributed by atoms with van der Waals surface area (Å²) in [4.78, 5) is 23.0. The number of amides is 1. The normalized spacial score (nSPS) is 12.6. The molecule has 0 heterocycles. The van der Waals surface area contributed by atoms with E-state index in [0.29, 0.717) is 6.42 Å². The van der Waals surface area contributed by atoms with Crippen molar-refractivity contribution in [1.29, 1.82) is 0 Å². The summed E-state index contributed by atoms with van der Waals surface area (Å²) < 4.78 is 5.12. The molecule has 1 atom stereocenters. The summed E-state index contributed by atoms with van der Waals surface area (Å²) in [6.07, 6.45) is 14.6. The summed E-state index contributed by atoms with van der Waals surface area (Å²) in [5, 5.41) is 11.7. The Morgan fingerprint density at radius 1 is 0.846 bits per heavy atom. The zero-order valence-corrected chi connectivity index (χ0v) is 17.4. The summed E-state index contributed by atoms with van der Waals surface area (Å²) in [5.74, 6) is -1.00. The number of nitrogens with one attached hydrogen (secondary N) is 1. The highest BCUT2D eigenvalue weighted by atomic mass is 16.6. The van der Waals surface area contributed by atoms with Crippen LogP contribution in [0.25, 0.3) is 0 Å². The molecule has 0 aromatic carbocycles. The zero-order valence-electron chi connectivity index (χ0n) is 17.4. The average Bonchev–Trinajstić information content (AvgIpc) is 2.52. The fraction of sp³-hybridized carbons (Fsp3) is 0.905. The third kappa shape index (κ3) is 16.2. The van der Waals surface area contributed by atoms with Gasteiger partial charge < -0.3 is 15.2 Å². The number of aliphatic carboxylic acids is 1. The van der Waals surface area contributed by atoms with Gasteiger partial charge >= 0.3 is 12.1 Å². The molecule has 0 radical (unpaired) electrons. The molecule has 5 nitrogen and oxygen atoms in total. The van der Waals surface area contributed by atoms with E-state index in [-0.39, 0.29) is 0 Å². The van der Waals surface area contributed by atoms with Crippen LogP contribution in [0.2, 0.25) is 0 Å². The predicted molar refractivity (Wildman–Crippen MR) is 106 cm³/mol. The lowest BCUT2D eigenvalue weighted by Gasteiger charge is -2.22. The maximum Gasteiger partial charge on any atom is 0.408 e. The van der Waals surface area contributed by atoms with Gasteiger partial charge in [0, 0.05) is 0 Å². The Hall–Kier alpha value is -1.26. The molecule has 0 unspecified atom stereocenters. The lowest BCUT2D eigenvalue weighted by Crippen LogP contribution is -2.43. The SMILES string of the molecule is CCCCCCCCCCCCCC[C@H](NC(=O)OC(C)(C)C)C(=O)O. The van der Waals surface area contributed by atoms with Crippen LogP contribution in [-0.2, 0) is 9.53 Å². The van der Waals surface area contributed by atoms with Crippen molar-refractivity contribution in [2.75, 3.05) is 0 Å². The van der Waals surface area contributed by atoms with E-state index in [1.165, 1.54) is 57.8 Å². The molecule has 0 spiro atoms. The van der Waals surface area contributed by atoms with Crippen LogP contribution >= 0.6 is 0 Å². The zero-order chi connectivity index (χ0) is 19.8. The predicted octanol–water partition coefficient (Wildman–Crippen LogP) is 6.06. The fourth-order valence-electron chi connectivity index (χ4n) is 2.90. The molecule has 0 aliphatic carbocycles. The molecule has 0 rings (SSSR count). The first-order chi connectivity index (χ1) is 12.3. The third-order valence-corrected chi connectivity index (χ3v) is 4.34. The van der Waals surface area contributed by atoms with Gasteiger partial charge in [-0.05, 0) is 27.2 Å². The molecule has 0 fully saturated rings. The standard InChI is InChI=1S/C21H41NO4/c1-5-6-7-8-9-10-11-12-13-14-15-16-17-18(19(23)24)22-20(25)26-21(2,3)4/h18H,5-17H2,1-4H3,(H,22,25)(H,23,24)/t18-/m0/s1. The molecule has 0 aromatic rings. The van der Waals surface area contributed by atoms with Crippen molar-refractivity contribution in [3.63, 3.8) is 0 Å². The van der Waals surface area contributed by atoms with Crippen LogP contribution in [0.3, 0.4) is 0 Å². The van der Waals surface area contributed by atoms with Crippen LogP contribution in [0.1, 0.15) is 111 Å². The second kappa shape index (κ2) is 14.9. The van der Waals surface area contributed by atoms with Gasteiger partial charge in [0.05, 0.1) is 0 Å². The largest absolute Gasteiger partial charge is 0.480 e. The first-order valence-corrected chi connectivity index (χ1v) is 10.5. The fourth-order valence-corrected chi connectivity index (χ4v) is 2.90.